The first kappa shape index (κ1) is 44.5. The zero-order valence-electron chi connectivity index (χ0n) is 36.6. The standard InChI is InChI=1S/C43H71N7O7S/c1-12-30-24-43(30,28(3)47-58(55,56)49-20-22-57-23-21-49)46-35(52)31-25-42(40(10,11)41(42)17-15-18-41)27-50(31)37(54)33(39(7,8)9)45-36(53)32(38(4,5)6)44-34(51)29-16-14-19-48(13-2)26-29/h12,29-33,47H,1,3,13-27H2,2,4-11H3,(H,44,51)(H,45,53)(H,46,52)/t29-,30-,31?,32?,33-,42-,43+/m1/s1. The van der Waals surface area contributed by atoms with Crippen LogP contribution in [0.2, 0.25) is 0 Å². The molecule has 3 heterocycles. The van der Waals surface area contributed by atoms with E-state index in [0.717, 1.165) is 45.2 Å². The number of nitrogens with zero attached hydrogens (tertiary/aromatic N) is 3. The second-order valence-electron chi connectivity index (χ2n) is 20.8. The Bertz CT molecular complexity index is 1780. The first-order valence-electron chi connectivity index (χ1n) is 21.5. The van der Waals surface area contributed by atoms with Crippen molar-refractivity contribution in [2.24, 2.45) is 38.9 Å². The summed E-state index contributed by atoms with van der Waals surface area (Å²) in [6.07, 6.45) is 7.39. The maximum absolute atomic E-state index is 15.2. The molecule has 0 radical (unpaired) electrons. The third-order valence-corrected chi connectivity index (χ3v) is 16.8. The molecule has 3 aliphatic carbocycles. The molecule has 6 rings (SSSR count). The number of ether oxygens (including phenoxy) is 1. The summed E-state index contributed by atoms with van der Waals surface area (Å²) in [6.45, 7) is 29.9. The van der Waals surface area contributed by atoms with E-state index in [1.54, 1.807) is 11.0 Å². The molecule has 326 valence electrons. The van der Waals surface area contributed by atoms with E-state index in [-0.39, 0.29) is 77.8 Å². The molecule has 15 heteroatoms. The molecule has 0 bridgehead atoms. The van der Waals surface area contributed by atoms with Crippen LogP contribution < -0.4 is 20.7 Å². The Morgan fingerprint density at radius 3 is 2.05 bits per heavy atom. The second kappa shape index (κ2) is 15.5. The molecule has 2 unspecified atom stereocenters. The van der Waals surface area contributed by atoms with Crippen LogP contribution in [0.25, 0.3) is 0 Å². The number of morpholine rings is 1. The highest BCUT2D eigenvalue weighted by Crippen LogP contribution is 2.88. The van der Waals surface area contributed by atoms with Crippen molar-refractivity contribution in [2.45, 2.75) is 131 Å². The van der Waals surface area contributed by atoms with Crippen molar-refractivity contribution in [1.82, 2.24) is 34.8 Å². The van der Waals surface area contributed by atoms with Gasteiger partial charge in [0.15, 0.2) is 0 Å². The summed E-state index contributed by atoms with van der Waals surface area (Å²) >= 11 is 0. The van der Waals surface area contributed by atoms with Gasteiger partial charge in [0.05, 0.1) is 24.7 Å². The summed E-state index contributed by atoms with van der Waals surface area (Å²) in [5, 5.41) is 9.35. The number of piperidine rings is 1. The van der Waals surface area contributed by atoms with E-state index in [1.807, 2.05) is 41.5 Å². The molecule has 4 N–H and O–H groups in total. The van der Waals surface area contributed by atoms with E-state index in [0.29, 0.717) is 25.9 Å². The molecule has 6 aliphatic rings. The van der Waals surface area contributed by atoms with E-state index < -0.39 is 50.6 Å². The van der Waals surface area contributed by atoms with E-state index in [4.69, 9.17) is 4.74 Å². The van der Waals surface area contributed by atoms with Crippen molar-refractivity contribution in [3.8, 4) is 0 Å². The van der Waals surface area contributed by atoms with E-state index in [9.17, 15) is 22.8 Å². The highest BCUT2D eigenvalue weighted by atomic mass is 32.2. The van der Waals surface area contributed by atoms with Crippen LogP contribution in [0.5, 0.6) is 0 Å². The van der Waals surface area contributed by atoms with Crippen molar-refractivity contribution in [1.29, 1.82) is 0 Å². The lowest BCUT2D eigenvalue weighted by Crippen LogP contribution is -2.63. The van der Waals surface area contributed by atoms with Gasteiger partial charge in [-0.3, -0.25) is 23.9 Å². The van der Waals surface area contributed by atoms with Crippen molar-refractivity contribution in [2.75, 3.05) is 52.5 Å². The van der Waals surface area contributed by atoms with Crippen LogP contribution in [-0.4, -0.2) is 122 Å². The molecule has 7 atom stereocenters. The summed E-state index contributed by atoms with van der Waals surface area (Å²) in [7, 11) is -3.96. The predicted molar refractivity (Wildman–Crippen MR) is 223 cm³/mol. The molecule has 3 saturated carbocycles. The summed E-state index contributed by atoms with van der Waals surface area (Å²) < 4.78 is 36.1. The number of rotatable bonds is 13. The van der Waals surface area contributed by atoms with Gasteiger partial charge in [0, 0.05) is 43.2 Å². The maximum Gasteiger partial charge on any atom is 0.301 e. The van der Waals surface area contributed by atoms with Crippen LogP contribution >= 0.6 is 0 Å². The molecular formula is C43H71N7O7S. The summed E-state index contributed by atoms with van der Waals surface area (Å²) in [5.74, 6) is -1.83. The van der Waals surface area contributed by atoms with Crippen molar-refractivity contribution >= 4 is 33.8 Å². The van der Waals surface area contributed by atoms with Gasteiger partial charge in [0.1, 0.15) is 18.1 Å². The average molecular weight is 830 g/mol. The van der Waals surface area contributed by atoms with Gasteiger partial charge >= 0.3 is 10.2 Å². The first-order chi connectivity index (χ1) is 26.9. The van der Waals surface area contributed by atoms with Crippen LogP contribution in [0.15, 0.2) is 24.9 Å². The Hall–Kier alpha value is -3.01. The normalized spacial score (nSPS) is 31.7. The average Bonchev–Trinajstić information content (AvgIpc) is 3.86. The molecule has 6 fully saturated rings. The fourth-order valence-corrected chi connectivity index (χ4v) is 12.4. The number of amides is 4. The van der Waals surface area contributed by atoms with Gasteiger partial charge < -0.3 is 30.5 Å². The lowest BCUT2D eigenvalue weighted by atomic mass is 9.73. The van der Waals surface area contributed by atoms with Gasteiger partial charge in [0.2, 0.25) is 23.6 Å². The zero-order chi connectivity index (χ0) is 42.9. The number of likely N-dealkylation sites (tertiary alicyclic amines) is 2. The summed E-state index contributed by atoms with van der Waals surface area (Å²) in [4.78, 5) is 62.0. The van der Waals surface area contributed by atoms with Crippen molar-refractivity contribution in [3.05, 3.63) is 24.9 Å². The summed E-state index contributed by atoms with van der Waals surface area (Å²) in [5.41, 5.74) is -2.77. The molecule has 4 amide bonds. The highest BCUT2D eigenvalue weighted by Gasteiger charge is 2.85. The predicted octanol–water partition coefficient (Wildman–Crippen LogP) is 3.32. The van der Waals surface area contributed by atoms with Crippen LogP contribution in [0.3, 0.4) is 0 Å². The zero-order valence-corrected chi connectivity index (χ0v) is 37.4. The van der Waals surface area contributed by atoms with Crippen molar-refractivity contribution in [3.63, 3.8) is 0 Å². The molecule has 0 aromatic carbocycles. The van der Waals surface area contributed by atoms with Crippen LogP contribution in [0.4, 0.5) is 0 Å². The first-order valence-corrected chi connectivity index (χ1v) is 23.0. The van der Waals surface area contributed by atoms with Crippen molar-refractivity contribution < 1.29 is 32.3 Å². The van der Waals surface area contributed by atoms with Gasteiger partial charge in [0.25, 0.3) is 0 Å². The topological polar surface area (TPSA) is 169 Å². The minimum Gasteiger partial charge on any atom is -0.379 e. The fourth-order valence-electron chi connectivity index (χ4n) is 11.1. The Labute approximate surface area is 347 Å². The molecule has 14 nitrogen and oxygen atoms in total. The van der Waals surface area contributed by atoms with E-state index in [1.165, 1.54) is 4.31 Å². The molecule has 58 heavy (non-hydrogen) atoms. The van der Waals surface area contributed by atoms with Crippen LogP contribution in [-0.2, 0) is 34.1 Å². The monoisotopic (exact) mass is 830 g/mol. The van der Waals surface area contributed by atoms with E-state index in [2.05, 4.69) is 59.5 Å². The van der Waals surface area contributed by atoms with Crippen LogP contribution in [0.1, 0.15) is 107 Å². The van der Waals surface area contributed by atoms with E-state index >= 15 is 4.79 Å². The number of hydrogen-bond acceptors (Lipinski definition) is 8. The number of nitrogens with one attached hydrogen (secondary N) is 4. The lowest BCUT2D eigenvalue weighted by molar-refractivity contribution is -0.145. The maximum atomic E-state index is 15.2. The quantitative estimate of drug-likeness (QED) is 0.205. The number of fused-ring (bicyclic) bond motifs is 1. The molecule has 3 saturated heterocycles. The SMILES string of the molecule is C=C[C@@H]1C[C@]1(NC(=O)C1C[C@@]2(CN1C(=O)[C@@H](NC(=O)C(NC(=O)[C@@H]1CCCN(CC)C1)C(C)(C)C)C(C)(C)C)C(C)(C)C21CCC1)C(=C)NS(=O)(=O)N1CCOCC1. The Morgan fingerprint density at radius 2 is 1.53 bits per heavy atom. The number of carbonyl (C=O) groups is 4. The largest absolute Gasteiger partial charge is 0.379 e. The third-order valence-electron chi connectivity index (χ3n) is 15.3. The van der Waals surface area contributed by atoms with Gasteiger partial charge in [-0.05, 0) is 73.3 Å². The fraction of sp³-hybridized carbons (Fsp3) is 0.814. The Balaban J connectivity index is 1.26. The molecular weight excluding hydrogens is 759 g/mol. The van der Waals surface area contributed by atoms with Gasteiger partial charge in [-0.15, -0.1) is 6.58 Å². The number of carbonyl (C=O) groups excluding carboxylic acids is 4. The second-order valence-corrected chi connectivity index (χ2v) is 22.5. The molecule has 2 spiro atoms. The third kappa shape index (κ3) is 7.63. The summed E-state index contributed by atoms with van der Waals surface area (Å²) in [6, 6.07) is -2.79. The lowest BCUT2D eigenvalue weighted by Gasteiger charge is -2.39. The number of hydrogen-bond donors (Lipinski definition) is 4. The molecule has 3 aliphatic heterocycles. The minimum atomic E-state index is -3.96. The van der Waals surface area contributed by atoms with Gasteiger partial charge in [-0.2, -0.15) is 12.7 Å². The Kier molecular flexibility index (Phi) is 11.9. The molecule has 0 aromatic rings. The smallest absolute Gasteiger partial charge is 0.301 e. The molecule has 0 aromatic heterocycles. The van der Waals surface area contributed by atoms with Gasteiger partial charge in [-0.25, -0.2) is 0 Å². The Morgan fingerprint density at radius 1 is 0.897 bits per heavy atom. The minimum absolute atomic E-state index is 0.0143. The highest BCUT2D eigenvalue weighted by molar-refractivity contribution is 7.87. The van der Waals surface area contributed by atoms with Crippen LogP contribution in [0, 0.1) is 38.9 Å². The van der Waals surface area contributed by atoms with Gasteiger partial charge in [-0.1, -0.05) is 81.4 Å².